The van der Waals surface area contributed by atoms with Gasteiger partial charge in [0.1, 0.15) is 5.75 Å². The minimum Gasteiger partial charge on any atom is -0.496 e. The van der Waals surface area contributed by atoms with Crippen LogP contribution in [0.1, 0.15) is 55.6 Å². The minimum atomic E-state index is -0.111. The van der Waals surface area contributed by atoms with E-state index in [1.54, 1.807) is 7.11 Å². The van der Waals surface area contributed by atoms with Crippen LogP contribution < -0.4 is 4.74 Å². The molecule has 1 aliphatic heterocycles. The second-order valence-electron chi connectivity index (χ2n) is 7.64. The Kier molecular flexibility index (Phi) is 5.76. The van der Waals surface area contributed by atoms with Crippen LogP contribution in [0.2, 0.25) is 0 Å². The summed E-state index contributed by atoms with van der Waals surface area (Å²) in [6.07, 6.45) is 0.514. The first-order valence-corrected chi connectivity index (χ1v) is 8.95. The maximum atomic E-state index is 13.0. The Morgan fingerprint density at radius 3 is 2.12 bits per heavy atom. The van der Waals surface area contributed by atoms with Crippen LogP contribution in [0.15, 0.2) is 12.1 Å². The van der Waals surface area contributed by atoms with Crippen molar-refractivity contribution < 1.29 is 14.3 Å². The third-order valence-corrected chi connectivity index (χ3v) is 4.81. The van der Waals surface area contributed by atoms with Crippen LogP contribution in [0.5, 0.6) is 5.75 Å². The molecular formula is C20H30N2O3. The van der Waals surface area contributed by atoms with Gasteiger partial charge >= 0.3 is 0 Å². The van der Waals surface area contributed by atoms with Crippen LogP contribution in [-0.4, -0.2) is 54.9 Å². The fraction of sp³-hybridized carbons (Fsp3) is 0.600. The summed E-state index contributed by atoms with van der Waals surface area (Å²) in [5.41, 5.74) is 2.56. The molecule has 1 aromatic rings. The van der Waals surface area contributed by atoms with Crippen molar-refractivity contribution in [3.05, 3.63) is 28.8 Å². The topological polar surface area (TPSA) is 49.9 Å². The molecule has 0 bridgehead atoms. The summed E-state index contributed by atoms with van der Waals surface area (Å²) in [7, 11) is 1.66. The standard InChI is InChI=1S/C20H30N2O3/c1-7-18(23)21-8-10-22(11-9-21)19(24)15-13-16(20(3,4)5)17(25-6)12-14(15)2/h12-13H,7-11H2,1-6H3. The molecule has 2 rings (SSSR count). The van der Waals surface area contributed by atoms with Crippen molar-refractivity contribution in [3.8, 4) is 5.75 Å². The first-order valence-electron chi connectivity index (χ1n) is 8.95. The number of hydrogen-bond acceptors (Lipinski definition) is 3. The van der Waals surface area contributed by atoms with E-state index in [-0.39, 0.29) is 17.2 Å². The summed E-state index contributed by atoms with van der Waals surface area (Å²) < 4.78 is 5.52. The van der Waals surface area contributed by atoms with Gasteiger partial charge in [0.15, 0.2) is 0 Å². The molecule has 1 aliphatic rings. The second-order valence-corrected chi connectivity index (χ2v) is 7.64. The van der Waals surface area contributed by atoms with E-state index in [0.717, 1.165) is 22.4 Å². The molecule has 1 fully saturated rings. The number of nitrogens with zero attached hydrogens (tertiary/aromatic N) is 2. The highest BCUT2D eigenvalue weighted by Crippen LogP contribution is 2.34. The zero-order valence-corrected chi connectivity index (χ0v) is 16.3. The van der Waals surface area contributed by atoms with Crippen LogP contribution in [-0.2, 0) is 10.2 Å². The van der Waals surface area contributed by atoms with E-state index in [0.29, 0.717) is 32.6 Å². The minimum absolute atomic E-state index is 0.0363. The van der Waals surface area contributed by atoms with Gasteiger partial charge in [0, 0.05) is 43.7 Å². The number of ether oxygens (including phenoxy) is 1. The molecule has 25 heavy (non-hydrogen) atoms. The Balaban J connectivity index is 2.24. The molecule has 0 N–H and O–H groups in total. The van der Waals surface area contributed by atoms with Gasteiger partial charge in [-0.15, -0.1) is 0 Å². The van der Waals surface area contributed by atoms with Gasteiger partial charge < -0.3 is 14.5 Å². The zero-order chi connectivity index (χ0) is 18.8. The summed E-state index contributed by atoms with van der Waals surface area (Å²) >= 11 is 0. The number of piperazine rings is 1. The fourth-order valence-corrected chi connectivity index (χ4v) is 3.22. The number of aryl methyl sites for hydroxylation is 1. The van der Waals surface area contributed by atoms with E-state index in [9.17, 15) is 9.59 Å². The zero-order valence-electron chi connectivity index (χ0n) is 16.3. The maximum absolute atomic E-state index is 13.0. The molecule has 0 aromatic heterocycles. The fourth-order valence-electron chi connectivity index (χ4n) is 3.22. The van der Waals surface area contributed by atoms with Gasteiger partial charge in [-0.25, -0.2) is 0 Å². The molecule has 5 heteroatoms. The van der Waals surface area contributed by atoms with Gasteiger partial charge in [-0.1, -0.05) is 27.7 Å². The van der Waals surface area contributed by atoms with Gasteiger partial charge in [-0.05, 0) is 30.0 Å². The van der Waals surface area contributed by atoms with Crippen LogP contribution in [0.25, 0.3) is 0 Å². The highest BCUT2D eigenvalue weighted by Gasteiger charge is 2.27. The lowest BCUT2D eigenvalue weighted by molar-refractivity contribution is -0.132. The Bertz CT molecular complexity index is 654. The smallest absolute Gasteiger partial charge is 0.254 e. The highest BCUT2D eigenvalue weighted by molar-refractivity contribution is 5.96. The molecule has 1 saturated heterocycles. The SMILES string of the molecule is CCC(=O)N1CCN(C(=O)c2cc(C(C)(C)C)c(OC)cc2C)CC1. The largest absolute Gasteiger partial charge is 0.496 e. The normalized spacial score (nSPS) is 15.3. The summed E-state index contributed by atoms with van der Waals surface area (Å²) in [5.74, 6) is 1.01. The van der Waals surface area contributed by atoms with Crippen LogP contribution in [0, 0.1) is 6.92 Å². The van der Waals surface area contributed by atoms with Gasteiger partial charge in [-0.3, -0.25) is 9.59 Å². The van der Waals surface area contributed by atoms with E-state index in [4.69, 9.17) is 4.74 Å². The number of hydrogen-bond donors (Lipinski definition) is 0. The summed E-state index contributed by atoms with van der Waals surface area (Å²) in [5, 5.41) is 0. The van der Waals surface area contributed by atoms with E-state index < -0.39 is 0 Å². The van der Waals surface area contributed by atoms with E-state index in [2.05, 4.69) is 20.8 Å². The third-order valence-electron chi connectivity index (χ3n) is 4.81. The van der Waals surface area contributed by atoms with Gasteiger partial charge in [0.2, 0.25) is 5.91 Å². The van der Waals surface area contributed by atoms with E-state index in [1.807, 2.05) is 35.8 Å². The molecule has 0 saturated carbocycles. The van der Waals surface area contributed by atoms with E-state index in [1.165, 1.54) is 0 Å². The molecule has 0 unspecified atom stereocenters. The number of benzene rings is 1. The average Bonchev–Trinajstić information content (AvgIpc) is 2.59. The Morgan fingerprint density at radius 1 is 1.08 bits per heavy atom. The first-order chi connectivity index (χ1) is 11.7. The first kappa shape index (κ1) is 19.3. The molecule has 0 atom stereocenters. The predicted molar refractivity (Wildman–Crippen MR) is 99.2 cm³/mol. The average molecular weight is 346 g/mol. The molecule has 138 valence electrons. The van der Waals surface area contributed by atoms with Crippen molar-refractivity contribution >= 4 is 11.8 Å². The summed E-state index contributed by atoms with van der Waals surface area (Å²) in [6.45, 7) is 12.5. The Morgan fingerprint density at radius 2 is 1.64 bits per heavy atom. The Hall–Kier alpha value is -2.04. The number of methoxy groups -OCH3 is 1. The van der Waals surface area contributed by atoms with Crippen LogP contribution >= 0.6 is 0 Å². The monoisotopic (exact) mass is 346 g/mol. The maximum Gasteiger partial charge on any atom is 0.254 e. The van der Waals surface area contributed by atoms with Crippen molar-refractivity contribution in [2.24, 2.45) is 0 Å². The van der Waals surface area contributed by atoms with Crippen molar-refractivity contribution in [1.29, 1.82) is 0 Å². The molecule has 0 spiro atoms. The van der Waals surface area contributed by atoms with Gasteiger partial charge in [0.25, 0.3) is 5.91 Å². The van der Waals surface area contributed by atoms with E-state index >= 15 is 0 Å². The van der Waals surface area contributed by atoms with Crippen molar-refractivity contribution in [2.45, 2.75) is 46.5 Å². The molecule has 0 radical (unpaired) electrons. The molecule has 1 aromatic carbocycles. The number of amides is 2. The lowest BCUT2D eigenvalue weighted by Crippen LogP contribution is -2.50. The molecule has 5 nitrogen and oxygen atoms in total. The Labute approximate surface area is 150 Å². The van der Waals surface area contributed by atoms with Gasteiger partial charge in [-0.2, -0.15) is 0 Å². The molecule has 2 amide bonds. The lowest BCUT2D eigenvalue weighted by Gasteiger charge is -2.35. The van der Waals surface area contributed by atoms with Crippen LogP contribution in [0.3, 0.4) is 0 Å². The lowest BCUT2D eigenvalue weighted by atomic mass is 9.84. The number of rotatable bonds is 3. The summed E-state index contributed by atoms with van der Waals surface area (Å²) in [4.78, 5) is 28.5. The number of carbonyl (C=O) groups excluding carboxylic acids is 2. The van der Waals surface area contributed by atoms with Crippen molar-refractivity contribution in [3.63, 3.8) is 0 Å². The van der Waals surface area contributed by atoms with Gasteiger partial charge in [0.05, 0.1) is 7.11 Å². The predicted octanol–water partition coefficient (Wildman–Crippen LogP) is 3.00. The van der Waals surface area contributed by atoms with Crippen molar-refractivity contribution in [1.82, 2.24) is 9.80 Å². The quantitative estimate of drug-likeness (QED) is 0.845. The van der Waals surface area contributed by atoms with Crippen molar-refractivity contribution in [2.75, 3.05) is 33.3 Å². The third kappa shape index (κ3) is 4.14. The van der Waals surface area contributed by atoms with Crippen LogP contribution in [0.4, 0.5) is 0 Å². The molecular weight excluding hydrogens is 316 g/mol. The highest BCUT2D eigenvalue weighted by atomic mass is 16.5. The molecule has 0 aliphatic carbocycles. The molecule has 1 heterocycles. The number of carbonyl (C=O) groups is 2. The summed E-state index contributed by atoms with van der Waals surface area (Å²) in [6, 6.07) is 3.92. The second kappa shape index (κ2) is 7.46.